The molecule has 0 atom stereocenters. The molecule has 1 heterocycles. The van der Waals surface area contributed by atoms with E-state index in [1.54, 1.807) is 25.3 Å². The number of hydrogen-bond acceptors (Lipinski definition) is 5. The van der Waals surface area contributed by atoms with Crippen LogP contribution in [-0.2, 0) is 0 Å². The van der Waals surface area contributed by atoms with Gasteiger partial charge >= 0.3 is 0 Å². The second kappa shape index (κ2) is 6.39. The molecule has 5 heteroatoms. The Kier molecular flexibility index (Phi) is 4.14. The number of methoxy groups -OCH3 is 1. The van der Waals surface area contributed by atoms with Gasteiger partial charge in [0, 0.05) is 24.2 Å². The van der Waals surface area contributed by atoms with Gasteiger partial charge in [-0.3, -0.25) is 4.79 Å². The molecule has 114 valence electrons. The van der Waals surface area contributed by atoms with Crippen molar-refractivity contribution in [3.8, 4) is 17.2 Å². The number of fused-ring (bicyclic) bond motifs is 1. The highest BCUT2D eigenvalue weighted by atomic mass is 16.7. The lowest BCUT2D eigenvalue weighted by molar-refractivity contribution is 0.0986. The third kappa shape index (κ3) is 3.14. The first-order valence-corrected chi connectivity index (χ1v) is 7.07. The molecule has 0 saturated heterocycles. The standard InChI is InChI=1S/C17H17NO4/c1-20-14-5-3-13(4-6-14)18-9-8-15(19)12-2-7-16-17(10-12)22-11-21-16/h2-7,10,18H,8-9,11H2,1H3. The smallest absolute Gasteiger partial charge is 0.231 e. The van der Waals surface area contributed by atoms with E-state index >= 15 is 0 Å². The van der Waals surface area contributed by atoms with Gasteiger partial charge in [-0.15, -0.1) is 0 Å². The van der Waals surface area contributed by atoms with Gasteiger partial charge < -0.3 is 19.5 Å². The zero-order valence-corrected chi connectivity index (χ0v) is 12.3. The van der Waals surface area contributed by atoms with Crippen molar-refractivity contribution < 1.29 is 19.0 Å². The van der Waals surface area contributed by atoms with Gasteiger partial charge in [0.25, 0.3) is 0 Å². The summed E-state index contributed by atoms with van der Waals surface area (Å²) in [5.74, 6) is 2.20. The first-order valence-electron chi connectivity index (χ1n) is 7.07. The number of Topliss-reactive ketones (excluding diaryl/α,β-unsaturated/α-hetero) is 1. The van der Waals surface area contributed by atoms with Crippen LogP contribution in [0.1, 0.15) is 16.8 Å². The number of benzene rings is 2. The van der Waals surface area contributed by atoms with Gasteiger partial charge in [-0.2, -0.15) is 0 Å². The van der Waals surface area contributed by atoms with E-state index in [1.807, 2.05) is 24.3 Å². The lowest BCUT2D eigenvalue weighted by Crippen LogP contribution is -2.08. The lowest BCUT2D eigenvalue weighted by Gasteiger charge is -2.07. The summed E-state index contributed by atoms with van der Waals surface area (Å²) in [6.45, 7) is 0.783. The number of hydrogen-bond donors (Lipinski definition) is 1. The molecule has 0 aliphatic carbocycles. The molecule has 0 bridgehead atoms. The van der Waals surface area contributed by atoms with Crippen molar-refractivity contribution in [3.63, 3.8) is 0 Å². The normalized spacial score (nSPS) is 12.0. The van der Waals surface area contributed by atoms with Crippen LogP contribution in [-0.4, -0.2) is 26.2 Å². The maximum Gasteiger partial charge on any atom is 0.231 e. The summed E-state index contributed by atoms with van der Waals surface area (Å²) in [6.07, 6.45) is 0.408. The fraction of sp³-hybridized carbons (Fsp3) is 0.235. The first-order chi connectivity index (χ1) is 10.8. The predicted octanol–water partition coefficient (Wildman–Crippen LogP) is 3.11. The highest BCUT2D eigenvalue weighted by Crippen LogP contribution is 2.32. The molecular formula is C17H17NO4. The van der Waals surface area contributed by atoms with Crippen LogP contribution in [0.25, 0.3) is 0 Å². The Balaban J connectivity index is 1.53. The summed E-state index contributed by atoms with van der Waals surface area (Å²) in [5.41, 5.74) is 1.60. The van der Waals surface area contributed by atoms with Crippen molar-refractivity contribution >= 4 is 11.5 Å². The number of carbonyl (C=O) groups excluding carboxylic acids is 1. The summed E-state index contributed by atoms with van der Waals surface area (Å²) in [4.78, 5) is 12.2. The van der Waals surface area contributed by atoms with Gasteiger partial charge in [-0.25, -0.2) is 0 Å². The molecule has 2 aromatic carbocycles. The van der Waals surface area contributed by atoms with Crippen LogP contribution in [0.3, 0.4) is 0 Å². The second-order valence-electron chi connectivity index (χ2n) is 4.90. The fourth-order valence-corrected chi connectivity index (χ4v) is 2.24. The molecule has 5 nitrogen and oxygen atoms in total. The van der Waals surface area contributed by atoms with E-state index < -0.39 is 0 Å². The fourth-order valence-electron chi connectivity index (χ4n) is 2.24. The van der Waals surface area contributed by atoms with Gasteiger partial charge in [-0.05, 0) is 42.5 Å². The Morgan fingerprint density at radius 3 is 2.68 bits per heavy atom. The Morgan fingerprint density at radius 1 is 1.14 bits per heavy atom. The Hall–Kier alpha value is -2.69. The van der Waals surface area contributed by atoms with E-state index in [0.29, 0.717) is 30.0 Å². The van der Waals surface area contributed by atoms with E-state index in [2.05, 4.69) is 5.32 Å². The molecule has 0 unspecified atom stereocenters. The SMILES string of the molecule is COc1ccc(NCCC(=O)c2ccc3c(c2)OCO3)cc1. The Morgan fingerprint density at radius 2 is 1.91 bits per heavy atom. The highest BCUT2D eigenvalue weighted by Gasteiger charge is 2.15. The van der Waals surface area contributed by atoms with Crippen LogP contribution in [0.4, 0.5) is 5.69 Å². The third-order valence-electron chi connectivity index (χ3n) is 3.47. The average molecular weight is 299 g/mol. The van der Waals surface area contributed by atoms with E-state index in [9.17, 15) is 4.79 Å². The van der Waals surface area contributed by atoms with Crippen molar-refractivity contribution in [1.82, 2.24) is 0 Å². The Labute approximate surface area is 128 Å². The topological polar surface area (TPSA) is 56.8 Å². The Bertz CT molecular complexity index is 667. The molecule has 0 amide bonds. The molecule has 1 aliphatic heterocycles. The molecule has 3 rings (SSSR count). The van der Waals surface area contributed by atoms with E-state index in [0.717, 1.165) is 11.4 Å². The monoisotopic (exact) mass is 299 g/mol. The zero-order chi connectivity index (χ0) is 15.4. The zero-order valence-electron chi connectivity index (χ0n) is 12.3. The van der Waals surface area contributed by atoms with Gasteiger partial charge in [0.05, 0.1) is 7.11 Å². The van der Waals surface area contributed by atoms with Crippen molar-refractivity contribution in [2.24, 2.45) is 0 Å². The van der Waals surface area contributed by atoms with Gasteiger partial charge in [0.15, 0.2) is 17.3 Å². The quantitative estimate of drug-likeness (QED) is 0.831. The van der Waals surface area contributed by atoms with E-state index in [4.69, 9.17) is 14.2 Å². The van der Waals surface area contributed by atoms with Crippen LogP contribution in [0.5, 0.6) is 17.2 Å². The van der Waals surface area contributed by atoms with E-state index in [-0.39, 0.29) is 12.6 Å². The number of ketones is 1. The van der Waals surface area contributed by atoms with E-state index in [1.165, 1.54) is 0 Å². The van der Waals surface area contributed by atoms with Gasteiger partial charge in [0.1, 0.15) is 5.75 Å². The lowest BCUT2D eigenvalue weighted by atomic mass is 10.1. The van der Waals surface area contributed by atoms with Gasteiger partial charge in [-0.1, -0.05) is 0 Å². The number of ether oxygens (including phenoxy) is 3. The minimum Gasteiger partial charge on any atom is -0.497 e. The number of anilines is 1. The second-order valence-corrected chi connectivity index (χ2v) is 4.90. The minimum atomic E-state index is 0.0688. The van der Waals surface area contributed by atoms with Crippen molar-refractivity contribution in [2.45, 2.75) is 6.42 Å². The number of nitrogens with one attached hydrogen (secondary N) is 1. The minimum absolute atomic E-state index is 0.0688. The maximum atomic E-state index is 12.2. The van der Waals surface area contributed by atoms with Gasteiger partial charge in [0.2, 0.25) is 6.79 Å². The van der Waals surface area contributed by atoms with Crippen LogP contribution in [0, 0.1) is 0 Å². The molecule has 1 aliphatic rings. The third-order valence-corrected chi connectivity index (χ3v) is 3.47. The molecule has 0 spiro atoms. The average Bonchev–Trinajstić information content (AvgIpc) is 3.03. The predicted molar refractivity (Wildman–Crippen MR) is 83.0 cm³/mol. The molecular weight excluding hydrogens is 282 g/mol. The summed E-state index contributed by atoms with van der Waals surface area (Å²) in [5, 5.41) is 3.22. The molecule has 2 aromatic rings. The van der Waals surface area contributed by atoms with Crippen LogP contribution >= 0.6 is 0 Å². The molecule has 22 heavy (non-hydrogen) atoms. The van der Waals surface area contributed by atoms with Crippen molar-refractivity contribution in [2.75, 3.05) is 25.8 Å². The number of rotatable bonds is 6. The first kappa shape index (κ1) is 14.3. The number of carbonyl (C=O) groups is 1. The summed E-state index contributed by atoms with van der Waals surface area (Å²) < 4.78 is 15.6. The van der Waals surface area contributed by atoms with Crippen molar-refractivity contribution in [3.05, 3.63) is 48.0 Å². The van der Waals surface area contributed by atoms with Crippen molar-refractivity contribution in [1.29, 1.82) is 0 Å². The maximum absolute atomic E-state index is 12.2. The molecule has 0 saturated carbocycles. The summed E-state index contributed by atoms with van der Waals surface area (Å²) in [7, 11) is 1.63. The highest BCUT2D eigenvalue weighted by molar-refractivity contribution is 5.97. The molecule has 0 radical (unpaired) electrons. The van der Waals surface area contributed by atoms with Crippen LogP contribution in [0.2, 0.25) is 0 Å². The summed E-state index contributed by atoms with van der Waals surface area (Å²) in [6, 6.07) is 12.9. The van der Waals surface area contributed by atoms with Crippen LogP contribution in [0.15, 0.2) is 42.5 Å². The summed E-state index contributed by atoms with van der Waals surface area (Å²) >= 11 is 0. The van der Waals surface area contributed by atoms with Crippen LogP contribution < -0.4 is 19.5 Å². The molecule has 0 fully saturated rings. The molecule has 0 aromatic heterocycles. The molecule has 1 N–H and O–H groups in total. The largest absolute Gasteiger partial charge is 0.497 e.